The molecule has 0 aliphatic carbocycles. The summed E-state index contributed by atoms with van der Waals surface area (Å²) in [6.07, 6.45) is 1.58. The number of amides is 2. The van der Waals surface area contributed by atoms with Crippen LogP contribution in [0.25, 0.3) is 0 Å². The number of nitrogens with one attached hydrogen (secondary N) is 2. The standard InChI is InChI=1S/C12H15ClN2O3/c1-17-10-5-4-8(13)7-9(10)14-12(16)15-11-3-2-6-18-11/h4-5,7,11H,2-3,6H2,1H3,(H2,14,15,16). The van der Waals surface area contributed by atoms with E-state index in [0.29, 0.717) is 23.1 Å². The lowest BCUT2D eigenvalue weighted by molar-refractivity contribution is 0.0928. The first-order valence-electron chi connectivity index (χ1n) is 5.71. The highest BCUT2D eigenvalue weighted by atomic mass is 35.5. The second-order valence-corrected chi connectivity index (χ2v) is 4.38. The number of rotatable bonds is 3. The molecule has 5 nitrogen and oxygen atoms in total. The summed E-state index contributed by atoms with van der Waals surface area (Å²) in [5, 5.41) is 5.95. The van der Waals surface area contributed by atoms with Crippen molar-refractivity contribution < 1.29 is 14.3 Å². The molecule has 98 valence electrons. The molecule has 1 heterocycles. The number of anilines is 1. The molecule has 0 radical (unpaired) electrons. The highest BCUT2D eigenvalue weighted by molar-refractivity contribution is 6.31. The lowest BCUT2D eigenvalue weighted by atomic mass is 10.3. The van der Waals surface area contributed by atoms with E-state index in [1.54, 1.807) is 18.2 Å². The van der Waals surface area contributed by atoms with E-state index in [9.17, 15) is 4.79 Å². The Bertz CT molecular complexity index is 433. The average molecular weight is 271 g/mol. The lowest BCUT2D eigenvalue weighted by Gasteiger charge is -2.14. The molecule has 0 bridgehead atoms. The first-order valence-corrected chi connectivity index (χ1v) is 6.09. The fraction of sp³-hybridized carbons (Fsp3) is 0.417. The molecule has 1 aliphatic rings. The monoisotopic (exact) mass is 270 g/mol. The maximum Gasteiger partial charge on any atom is 0.321 e. The molecule has 1 saturated heterocycles. The van der Waals surface area contributed by atoms with Gasteiger partial charge in [0.05, 0.1) is 12.8 Å². The Kier molecular flexibility index (Phi) is 4.28. The predicted molar refractivity (Wildman–Crippen MR) is 69.1 cm³/mol. The number of ether oxygens (including phenoxy) is 2. The van der Waals surface area contributed by atoms with Gasteiger partial charge in [0.1, 0.15) is 12.0 Å². The second kappa shape index (κ2) is 5.93. The molecule has 1 atom stereocenters. The Labute approximate surface area is 110 Å². The largest absolute Gasteiger partial charge is 0.495 e. The Balaban J connectivity index is 1.99. The van der Waals surface area contributed by atoms with Gasteiger partial charge in [0.15, 0.2) is 0 Å². The van der Waals surface area contributed by atoms with E-state index in [-0.39, 0.29) is 12.3 Å². The molecule has 2 rings (SSSR count). The van der Waals surface area contributed by atoms with E-state index >= 15 is 0 Å². The SMILES string of the molecule is COc1ccc(Cl)cc1NC(=O)NC1CCCO1. The molecule has 1 fully saturated rings. The van der Waals surface area contributed by atoms with Crippen LogP contribution in [0.2, 0.25) is 5.02 Å². The maximum absolute atomic E-state index is 11.7. The van der Waals surface area contributed by atoms with Gasteiger partial charge in [0.25, 0.3) is 0 Å². The highest BCUT2D eigenvalue weighted by Gasteiger charge is 2.18. The number of hydrogen-bond acceptors (Lipinski definition) is 3. The lowest BCUT2D eigenvalue weighted by Crippen LogP contribution is -2.37. The topological polar surface area (TPSA) is 59.6 Å². The normalized spacial score (nSPS) is 18.4. The fourth-order valence-corrected chi connectivity index (χ4v) is 1.95. The molecule has 0 aromatic heterocycles. The van der Waals surface area contributed by atoms with Crippen LogP contribution in [0.5, 0.6) is 5.75 Å². The maximum atomic E-state index is 11.7. The highest BCUT2D eigenvalue weighted by Crippen LogP contribution is 2.27. The fourth-order valence-electron chi connectivity index (χ4n) is 1.77. The Morgan fingerprint density at radius 2 is 2.39 bits per heavy atom. The van der Waals surface area contributed by atoms with Crippen molar-refractivity contribution >= 4 is 23.3 Å². The summed E-state index contributed by atoms with van der Waals surface area (Å²) in [4.78, 5) is 11.7. The third-order valence-electron chi connectivity index (χ3n) is 2.63. The molecule has 18 heavy (non-hydrogen) atoms. The van der Waals surface area contributed by atoms with Gasteiger partial charge in [-0.05, 0) is 31.0 Å². The number of methoxy groups -OCH3 is 1. The second-order valence-electron chi connectivity index (χ2n) is 3.94. The van der Waals surface area contributed by atoms with Crippen molar-refractivity contribution in [3.8, 4) is 5.75 Å². The number of urea groups is 1. The first-order chi connectivity index (χ1) is 8.69. The first kappa shape index (κ1) is 13.0. The minimum absolute atomic E-state index is 0.213. The van der Waals surface area contributed by atoms with Gasteiger partial charge in [-0.1, -0.05) is 11.6 Å². The van der Waals surface area contributed by atoms with Gasteiger partial charge in [-0.2, -0.15) is 0 Å². The van der Waals surface area contributed by atoms with Crippen LogP contribution in [-0.4, -0.2) is 26.0 Å². The Hall–Kier alpha value is -1.46. The van der Waals surface area contributed by atoms with Gasteiger partial charge < -0.3 is 20.1 Å². The van der Waals surface area contributed by atoms with Crippen molar-refractivity contribution in [2.24, 2.45) is 0 Å². The summed E-state index contributed by atoms with van der Waals surface area (Å²) in [6, 6.07) is 4.70. The minimum atomic E-state index is -0.331. The van der Waals surface area contributed by atoms with Gasteiger partial charge >= 0.3 is 6.03 Å². The average Bonchev–Trinajstić information content (AvgIpc) is 2.82. The van der Waals surface area contributed by atoms with Gasteiger partial charge in [-0.25, -0.2) is 4.79 Å². The van der Waals surface area contributed by atoms with E-state index in [0.717, 1.165) is 12.8 Å². The van der Waals surface area contributed by atoms with Crippen molar-refractivity contribution in [1.29, 1.82) is 0 Å². The molecule has 1 unspecified atom stereocenters. The van der Waals surface area contributed by atoms with Gasteiger partial charge in [-0.3, -0.25) is 0 Å². The quantitative estimate of drug-likeness (QED) is 0.888. The summed E-state index contributed by atoms with van der Waals surface area (Å²) in [5.41, 5.74) is 0.528. The van der Waals surface area contributed by atoms with Crippen LogP contribution in [0.15, 0.2) is 18.2 Å². The summed E-state index contributed by atoms with van der Waals surface area (Å²) < 4.78 is 10.5. The summed E-state index contributed by atoms with van der Waals surface area (Å²) in [5.74, 6) is 0.557. The van der Waals surface area contributed by atoms with Crippen LogP contribution in [0.1, 0.15) is 12.8 Å². The summed E-state index contributed by atoms with van der Waals surface area (Å²) >= 11 is 5.88. The molecule has 0 saturated carbocycles. The van der Waals surface area contributed by atoms with Gasteiger partial charge in [0, 0.05) is 11.6 Å². The molecule has 1 aromatic rings. The van der Waals surface area contributed by atoms with Gasteiger partial charge in [0.2, 0.25) is 0 Å². The van der Waals surface area contributed by atoms with Crippen LogP contribution in [0.3, 0.4) is 0 Å². The van der Waals surface area contributed by atoms with Crippen LogP contribution >= 0.6 is 11.6 Å². The molecule has 2 amide bonds. The van der Waals surface area contributed by atoms with Crippen molar-refractivity contribution in [3.63, 3.8) is 0 Å². The molecular weight excluding hydrogens is 256 g/mol. The number of carbonyl (C=O) groups excluding carboxylic acids is 1. The van der Waals surface area contributed by atoms with Crippen LogP contribution in [0, 0.1) is 0 Å². The Morgan fingerprint density at radius 1 is 1.56 bits per heavy atom. The summed E-state index contributed by atoms with van der Waals surface area (Å²) in [6.45, 7) is 0.686. The van der Waals surface area contributed by atoms with E-state index in [1.807, 2.05) is 0 Å². The van der Waals surface area contributed by atoms with Crippen molar-refractivity contribution in [2.45, 2.75) is 19.1 Å². The van der Waals surface area contributed by atoms with Crippen LogP contribution in [0.4, 0.5) is 10.5 Å². The molecule has 1 aliphatic heterocycles. The molecule has 0 spiro atoms. The zero-order chi connectivity index (χ0) is 13.0. The number of carbonyl (C=O) groups is 1. The predicted octanol–water partition coefficient (Wildman–Crippen LogP) is 2.61. The van der Waals surface area contributed by atoms with Crippen molar-refractivity contribution in [1.82, 2.24) is 5.32 Å². The third kappa shape index (κ3) is 3.27. The molecule has 2 N–H and O–H groups in total. The van der Waals surface area contributed by atoms with E-state index in [4.69, 9.17) is 21.1 Å². The summed E-state index contributed by atoms with van der Waals surface area (Å²) in [7, 11) is 1.53. The zero-order valence-corrected chi connectivity index (χ0v) is 10.8. The van der Waals surface area contributed by atoms with E-state index < -0.39 is 0 Å². The number of halogens is 1. The molecule has 6 heteroatoms. The van der Waals surface area contributed by atoms with E-state index in [1.165, 1.54) is 7.11 Å². The van der Waals surface area contributed by atoms with E-state index in [2.05, 4.69) is 10.6 Å². The van der Waals surface area contributed by atoms with Crippen molar-refractivity contribution in [3.05, 3.63) is 23.2 Å². The van der Waals surface area contributed by atoms with Gasteiger partial charge in [-0.15, -0.1) is 0 Å². The number of hydrogen-bond donors (Lipinski definition) is 2. The molecule has 1 aromatic carbocycles. The van der Waals surface area contributed by atoms with Crippen molar-refractivity contribution in [2.75, 3.05) is 19.0 Å². The minimum Gasteiger partial charge on any atom is -0.495 e. The Morgan fingerprint density at radius 3 is 3.06 bits per heavy atom. The number of benzene rings is 1. The van der Waals surface area contributed by atoms with Crippen LogP contribution in [-0.2, 0) is 4.74 Å². The smallest absolute Gasteiger partial charge is 0.321 e. The zero-order valence-electron chi connectivity index (χ0n) is 10.0. The van der Waals surface area contributed by atoms with Crippen LogP contribution < -0.4 is 15.4 Å². The molecular formula is C12H15ClN2O3. The third-order valence-corrected chi connectivity index (χ3v) is 2.87.